The molecule has 1 saturated heterocycles. The number of rotatable bonds is 9. The van der Waals surface area contributed by atoms with Crippen LogP contribution in [0.15, 0.2) is 30.3 Å². The number of nitrogens with zero attached hydrogens (tertiary/aromatic N) is 2. The number of esters is 5. The predicted octanol–water partition coefficient (Wildman–Crippen LogP) is 1.26. The van der Waals surface area contributed by atoms with Gasteiger partial charge in [-0.2, -0.15) is 0 Å². The van der Waals surface area contributed by atoms with E-state index >= 15 is 0 Å². The molecule has 1 aromatic rings. The Balaban J connectivity index is 2.84. The van der Waals surface area contributed by atoms with Gasteiger partial charge in [0.2, 0.25) is 12.1 Å². The third kappa shape index (κ3) is 8.21. The third-order valence-electron chi connectivity index (χ3n) is 5.32. The average Bonchev–Trinajstić information content (AvgIpc) is 2.81. The van der Waals surface area contributed by atoms with Crippen LogP contribution in [0.3, 0.4) is 0 Å². The van der Waals surface area contributed by atoms with Crippen molar-refractivity contribution < 1.29 is 52.5 Å². The summed E-state index contributed by atoms with van der Waals surface area (Å²) in [6.45, 7) is 6.02. The van der Waals surface area contributed by atoms with E-state index in [4.69, 9.17) is 35.9 Å². The Labute approximate surface area is 230 Å². The summed E-state index contributed by atoms with van der Waals surface area (Å²) in [5, 5.41) is -0.195. The lowest BCUT2D eigenvalue weighted by Crippen LogP contribution is -2.73. The number of para-hydroxylation sites is 1. The molecule has 0 unspecified atom stereocenters. The molecule has 1 aliphatic heterocycles. The van der Waals surface area contributed by atoms with Gasteiger partial charge in [0.15, 0.2) is 23.4 Å². The molecule has 14 heteroatoms. The largest absolute Gasteiger partial charge is 0.462 e. The molecule has 212 valence electrons. The Hall–Kier alpha value is -4.07. The van der Waals surface area contributed by atoms with Gasteiger partial charge in [-0.1, -0.05) is 18.2 Å². The lowest BCUT2D eigenvalue weighted by atomic mass is 9.93. The molecule has 0 spiro atoms. The van der Waals surface area contributed by atoms with Crippen molar-refractivity contribution in [3.8, 4) is 0 Å². The van der Waals surface area contributed by atoms with E-state index in [1.165, 1.54) is 4.90 Å². The van der Waals surface area contributed by atoms with Crippen LogP contribution < -0.4 is 4.90 Å². The molecular formula is C25H30N2O11S. The summed E-state index contributed by atoms with van der Waals surface area (Å²) >= 11 is 5.66. The zero-order valence-corrected chi connectivity index (χ0v) is 23.1. The summed E-state index contributed by atoms with van der Waals surface area (Å²) in [5.74, 6) is -4.72. The van der Waals surface area contributed by atoms with E-state index in [-0.39, 0.29) is 5.11 Å². The number of anilines is 1. The van der Waals surface area contributed by atoms with Crippen LogP contribution in [0.5, 0.6) is 0 Å². The Bertz CT molecular complexity index is 1130. The SMILES string of the molecule is CC(=O)OC[C@@H](OC(C)=O)[C@@H](OC(C)=O)[C@@H]1[C@@H](OC(C)=O)[C@H](OC(C)=O)N(c2ccccc2)C(=S)N1C(C)=O. The van der Waals surface area contributed by atoms with Crippen molar-refractivity contribution in [2.45, 2.75) is 72.1 Å². The second-order valence-electron chi connectivity index (χ2n) is 8.47. The molecule has 0 N–H and O–H groups in total. The molecule has 0 radical (unpaired) electrons. The zero-order valence-electron chi connectivity index (χ0n) is 22.3. The van der Waals surface area contributed by atoms with Gasteiger partial charge in [-0.15, -0.1) is 0 Å². The topological polar surface area (TPSA) is 155 Å². The summed E-state index contributed by atoms with van der Waals surface area (Å²) in [6, 6.07) is 6.82. The lowest BCUT2D eigenvalue weighted by Gasteiger charge is -2.51. The Morgan fingerprint density at radius 1 is 0.795 bits per heavy atom. The highest BCUT2D eigenvalue weighted by molar-refractivity contribution is 7.80. The minimum absolute atomic E-state index is 0.195. The van der Waals surface area contributed by atoms with Crippen molar-refractivity contribution in [1.29, 1.82) is 0 Å². The Morgan fingerprint density at radius 3 is 1.82 bits per heavy atom. The molecule has 0 saturated carbocycles. The fourth-order valence-corrected chi connectivity index (χ4v) is 4.57. The maximum Gasteiger partial charge on any atom is 0.304 e. The minimum Gasteiger partial charge on any atom is -0.462 e. The van der Waals surface area contributed by atoms with Crippen molar-refractivity contribution in [1.82, 2.24) is 4.90 Å². The van der Waals surface area contributed by atoms with Gasteiger partial charge in [-0.05, 0) is 24.4 Å². The first kappa shape index (κ1) is 31.1. The van der Waals surface area contributed by atoms with Gasteiger partial charge in [0.1, 0.15) is 12.6 Å². The highest BCUT2D eigenvalue weighted by Crippen LogP contribution is 2.35. The normalized spacial score (nSPS) is 20.3. The summed E-state index contributed by atoms with van der Waals surface area (Å²) < 4.78 is 27.0. The van der Waals surface area contributed by atoms with Gasteiger partial charge >= 0.3 is 29.8 Å². The van der Waals surface area contributed by atoms with E-state index in [0.29, 0.717) is 5.69 Å². The summed E-state index contributed by atoms with van der Waals surface area (Å²) in [7, 11) is 0. The van der Waals surface area contributed by atoms with Crippen molar-refractivity contribution >= 4 is 58.8 Å². The first-order valence-electron chi connectivity index (χ1n) is 11.7. The first-order valence-corrected chi connectivity index (χ1v) is 12.2. The van der Waals surface area contributed by atoms with E-state index in [2.05, 4.69) is 0 Å². The van der Waals surface area contributed by atoms with Gasteiger partial charge in [0.05, 0.1) is 0 Å². The number of thiocarbonyl (C=S) groups is 1. The molecule has 5 atom stereocenters. The van der Waals surface area contributed by atoms with Gasteiger partial charge in [0, 0.05) is 47.2 Å². The summed E-state index contributed by atoms with van der Waals surface area (Å²) in [4.78, 5) is 75.8. The molecule has 2 rings (SSSR count). The summed E-state index contributed by atoms with van der Waals surface area (Å²) in [6.07, 6.45) is -6.08. The number of benzene rings is 1. The van der Waals surface area contributed by atoms with Crippen LogP contribution in [0, 0.1) is 0 Å². The van der Waals surface area contributed by atoms with Crippen molar-refractivity contribution in [2.24, 2.45) is 0 Å². The molecular weight excluding hydrogens is 536 g/mol. The fraction of sp³-hybridized carbons (Fsp3) is 0.480. The molecule has 0 aromatic heterocycles. The first-order chi connectivity index (χ1) is 18.2. The van der Waals surface area contributed by atoms with E-state index in [1.54, 1.807) is 30.3 Å². The van der Waals surface area contributed by atoms with Crippen LogP contribution >= 0.6 is 12.2 Å². The molecule has 13 nitrogen and oxygen atoms in total. The Morgan fingerprint density at radius 2 is 1.36 bits per heavy atom. The van der Waals surface area contributed by atoms with Crippen LogP contribution in [-0.2, 0) is 52.5 Å². The second-order valence-corrected chi connectivity index (χ2v) is 8.83. The molecule has 1 fully saturated rings. The van der Waals surface area contributed by atoms with E-state index < -0.39 is 72.9 Å². The average molecular weight is 567 g/mol. The predicted molar refractivity (Wildman–Crippen MR) is 137 cm³/mol. The van der Waals surface area contributed by atoms with Crippen molar-refractivity contribution in [2.75, 3.05) is 11.5 Å². The van der Waals surface area contributed by atoms with Crippen molar-refractivity contribution in [3.63, 3.8) is 0 Å². The van der Waals surface area contributed by atoms with E-state index in [9.17, 15) is 28.8 Å². The standard InChI is InChI=1S/C25H30N2O11S/c1-13(28)26-21(22(36-16(4)31)20(35-15(3)30)12-34-14(2)29)23(37-17(5)32)24(38-18(6)33)27(25(26)39)19-10-8-7-9-11-19/h7-11,20-24H,12H2,1-6H3/t20-,21-,22-,23-,24+/m1/s1. The van der Waals surface area contributed by atoms with Gasteiger partial charge < -0.3 is 23.7 Å². The van der Waals surface area contributed by atoms with Gasteiger partial charge in [0.25, 0.3) is 0 Å². The molecule has 39 heavy (non-hydrogen) atoms. The zero-order chi connectivity index (χ0) is 29.4. The molecule has 1 amide bonds. The van der Waals surface area contributed by atoms with Crippen LogP contribution in [0.2, 0.25) is 0 Å². The Kier molecular flexibility index (Phi) is 10.9. The van der Waals surface area contributed by atoms with Crippen LogP contribution in [0.4, 0.5) is 5.69 Å². The van der Waals surface area contributed by atoms with Gasteiger partial charge in [-0.25, -0.2) is 0 Å². The third-order valence-corrected chi connectivity index (χ3v) is 5.71. The number of carbonyl (C=O) groups excluding carboxylic acids is 6. The maximum absolute atomic E-state index is 13.1. The van der Waals surface area contributed by atoms with Gasteiger partial charge in [-0.3, -0.25) is 38.6 Å². The smallest absolute Gasteiger partial charge is 0.304 e. The quantitative estimate of drug-likeness (QED) is 0.239. The number of carbonyl (C=O) groups is 6. The lowest BCUT2D eigenvalue weighted by molar-refractivity contribution is -0.196. The highest BCUT2D eigenvalue weighted by Gasteiger charge is 2.56. The number of hydrogen-bond donors (Lipinski definition) is 0. The van der Waals surface area contributed by atoms with Crippen LogP contribution in [-0.4, -0.2) is 83.0 Å². The van der Waals surface area contributed by atoms with Crippen LogP contribution in [0.1, 0.15) is 41.5 Å². The number of ether oxygens (including phenoxy) is 5. The fourth-order valence-electron chi connectivity index (χ4n) is 4.11. The van der Waals surface area contributed by atoms with Crippen molar-refractivity contribution in [3.05, 3.63) is 30.3 Å². The van der Waals surface area contributed by atoms with E-state index in [1.807, 2.05) is 0 Å². The monoisotopic (exact) mass is 566 g/mol. The summed E-state index contributed by atoms with van der Waals surface area (Å²) in [5.41, 5.74) is 0.385. The molecule has 1 aromatic carbocycles. The highest BCUT2D eigenvalue weighted by atomic mass is 32.1. The number of hydrogen-bond acceptors (Lipinski definition) is 12. The number of amides is 1. The van der Waals surface area contributed by atoms with E-state index in [0.717, 1.165) is 46.4 Å². The molecule has 1 heterocycles. The molecule has 1 aliphatic rings. The maximum atomic E-state index is 13.1. The minimum atomic E-state index is -1.60. The second kappa shape index (κ2) is 13.6. The van der Waals surface area contributed by atoms with Crippen LogP contribution in [0.25, 0.3) is 0 Å². The molecule has 0 bridgehead atoms. The molecule has 0 aliphatic carbocycles.